The number of amides is 1. The van der Waals surface area contributed by atoms with Crippen molar-refractivity contribution in [3.05, 3.63) is 94.6 Å². The molecular formula is C31H34N2O. The molecule has 0 saturated carbocycles. The van der Waals surface area contributed by atoms with E-state index in [0.717, 1.165) is 42.6 Å². The topological polar surface area (TPSA) is 32.3 Å². The summed E-state index contributed by atoms with van der Waals surface area (Å²) in [5.74, 6) is 0.0115. The van der Waals surface area contributed by atoms with Gasteiger partial charge in [-0.05, 0) is 104 Å². The Morgan fingerprint density at radius 3 is 2.32 bits per heavy atom. The molecule has 34 heavy (non-hydrogen) atoms. The van der Waals surface area contributed by atoms with Gasteiger partial charge in [-0.3, -0.25) is 9.69 Å². The molecule has 1 heterocycles. The third kappa shape index (κ3) is 5.48. The van der Waals surface area contributed by atoms with Crippen molar-refractivity contribution < 1.29 is 4.79 Å². The fourth-order valence-corrected chi connectivity index (χ4v) is 5.07. The van der Waals surface area contributed by atoms with Gasteiger partial charge in [0.2, 0.25) is 0 Å². The number of anilines is 1. The highest BCUT2D eigenvalue weighted by Gasteiger charge is 2.16. The number of likely N-dealkylation sites (tertiary alicyclic amines) is 1. The lowest BCUT2D eigenvalue weighted by molar-refractivity contribution is -0.112. The van der Waals surface area contributed by atoms with E-state index in [1.165, 1.54) is 60.2 Å². The summed E-state index contributed by atoms with van der Waals surface area (Å²) in [4.78, 5) is 15.7. The van der Waals surface area contributed by atoms with E-state index in [4.69, 9.17) is 0 Å². The van der Waals surface area contributed by atoms with Crippen molar-refractivity contribution in [1.29, 1.82) is 0 Å². The lowest BCUT2D eigenvalue weighted by Crippen LogP contribution is -2.29. The maximum atomic E-state index is 13.1. The molecule has 174 valence electrons. The summed E-state index contributed by atoms with van der Waals surface area (Å²) < 4.78 is 0. The molecule has 1 aliphatic heterocycles. The Hall–Kier alpha value is -3.17. The van der Waals surface area contributed by atoms with E-state index in [1.54, 1.807) is 0 Å². The normalized spacial score (nSPS) is 16.3. The van der Waals surface area contributed by atoms with Gasteiger partial charge in [0.15, 0.2) is 0 Å². The number of carbonyl (C=O) groups is 1. The largest absolute Gasteiger partial charge is 0.322 e. The second-order valence-electron chi connectivity index (χ2n) is 9.79. The van der Waals surface area contributed by atoms with Gasteiger partial charge in [-0.2, -0.15) is 0 Å². The van der Waals surface area contributed by atoms with Crippen LogP contribution >= 0.6 is 0 Å². The smallest absolute Gasteiger partial charge is 0.251 e. The van der Waals surface area contributed by atoms with Gasteiger partial charge >= 0.3 is 0 Å². The molecule has 3 heteroatoms. The van der Waals surface area contributed by atoms with Crippen LogP contribution in [0.2, 0.25) is 0 Å². The highest BCUT2D eigenvalue weighted by molar-refractivity contribution is 6.07. The van der Waals surface area contributed by atoms with Gasteiger partial charge in [0, 0.05) is 17.8 Å². The number of hydrogen-bond donors (Lipinski definition) is 1. The van der Waals surface area contributed by atoms with Crippen LogP contribution in [0.4, 0.5) is 5.69 Å². The molecule has 0 bridgehead atoms. The summed E-state index contributed by atoms with van der Waals surface area (Å²) in [5.41, 5.74) is 9.19. The van der Waals surface area contributed by atoms with Crippen LogP contribution in [-0.2, 0) is 17.8 Å². The molecule has 0 atom stereocenters. The molecule has 5 rings (SSSR count). The zero-order chi connectivity index (χ0) is 23.3. The van der Waals surface area contributed by atoms with E-state index >= 15 is 0 Å². The summed E-state index contributed by atoms with van der Waals surface area (Å²) in [7, 11) is 0. The zero-order valence-corrected chi connectivity index (χ0v) is 20.1. The number of rotatable bonds is 5. The monoisotopic (exact) mass is 450 g/mol. The van der Waals surface area contributed by atoms with Gasteiger partial charge in [0.05, 0.1) is 0 Å². The Kier molecular flexibility index (Phi) is 6.92. The quantitative estimate of drug-likeness (QED) is 0.454. The van der Waals surface area contributed by atoms with E-state index in [0.29, 0.717) is 0 Å². The van der Waals surface area contributed by atoms with Gasteiger partial charge in [0.1, 0.15) is 0 Å². The molecule has 3 nitrogen and oxygen atoms in total. The van der Waals surface area contributed by atoms with E-state index in [-0.39, 0.29) is 5.91 Å². The van der Waals surface area contributed by atoms with E-state index in [2.05, 4.69) is 77.8 Å². The highest BCUT2D eigenvalue weighted by Crippen LogP contribution is 2.29. The third-order valence-corrected chi connectivity index (χ3v) is 7.11. The number of carbonyl (C=O) groups excluding carboxylic acids is 1. The van der Waals surface area contributed by atoms with Crippen LogP contribution in [0.1, 0.15) is 54.4 Å². The summed E-state index contributed by atoms with van der Waals surface area (Å²) in [5, 5.41) is 3.13. The summed E-state index contributed by atoms with van der Waals surface area (Å²) in [6.45, 7) is 5.50. The van der Waals surface area contributed by atoms with Crippen LogP contribution in [-0.4, -0.2) is 23.9 Å². The van der Waals surface area contributed by atoms with Gasteiger partial charge in [-0.25, -0.2) is 0 Å². The number of benzene rings is 3. The lowest BCUT2D eigenvalue weighted by Gasteiger charge is -2.26. The Morgan fingerprint density at radius 2 is 1.56 bits per heavy atom. The van der Waals surface area contributed by atoms with E-state index in [1.807, 2.05) is 12.1 Å². The third-order valence-electron chi connectivity index (χ3n) is 7.11. The molecule has 1 aliphatic carbocycles. The Bertz CT molecular complexity index is 1170. The van der Waals surface area contributed by atoms with Crippen molar-refractivity contribution in [2.75, 3.05) is 18.4 Å². The Labute approximate surface area is 203 Å². The van der Waals surface area contributed by atoms with Crippen LogP contribution in [0.3, 0.4) is 0 Å². The predicted molar refractivity (Wildman–Crippen MR) is 142 cm³/mol. The Balaban J connectivity index is 1.29. The molecule has 0 unspecified atom stereocenters. The van der Waals surface area contributed by atoms with Gasteiger partial charge < -0.3 is 5.32 Å². The molecule has 2 aliphatic rings. The lowest BCUT2D eigenvalue weighted by atomic mass is 9.97. The second-order valence-corrected chi connectivity index (χ2v) is 9.79. The van der Waals surface area contributed by atoms with Crippen molar-refractivity contribution >= 4 is 17.7 Å². The molecule has 1 fully saturated rings. The minimum absolute atomic E-state index is 0.0115. The SMILES string of the molecule is Cc1ccc(-c2ccc3c(c2)C=C(C(=O)Nc2ccc(CN4CCCCC4)cc2)CCC3)cc1. The van der Waals surface area contributed by atoms with Crippen molar-refractivity contribution in [3.8, 4) is 11.1 Å². The number of fused-ring (bicyclic) bond motifs is 1. The van der Waals surface area contributed by atoms with Crippen molar-refractivity contribution in [3.63, 3.8) is 0 Å². The number of aryl methyl sites for hydroxylation is 2. The maximum Gasteiger partial charge on any atom is 0.251 e. The number of nitrogens with one attached hydrogen (secondary N) is 1. The molecule has 3 aromatic rings. The first-order valence-corrected chi connectivity index (χ1v) is 12.7. The first kappa shape index (κ1) is 22.6. The fourth-order valence-electron chi connectivity index (χ4n) is 5.07. The number of nitrogens with zero attached hydrogens (tertiary/aromatic N) is 1. The number of hydrogen-bond acceptors (Lipinski definition) is 2. The van der Waals surface area contributed by atoms with Gasteiger partial charge in [0.25, 0.3) is 5.91 Å². The average molecular weight is 451 g/mol. The van der Waals surface area contributed by atoms with E-state index < -0.39 is 0 Å². The van der Waals surface area contributed by atoms with Gasteiger partial charge in [-0.1, -0.05) is 60.5 Å². The van der Waals surface area contributed by atoms with E-state index in [9.17, 15) is 4.79 Å². The van der Waals surface area contributed by atoms with Crippen LogP contribution in [0.15, 0.2) is 72.3 Å². The predicted octanol–water partition coefficient (Wildman–Crippen LogP) is 7.01. The molecule has 0 radical (unpaired) electrons. The molecular weight excluding hydrogens is 416 g/mol. The molecule has 1 N–H and O–H groups in total. The maximum absolute atomic E-state index is 13.1. The minimum Gasteiger partial charge on any atom is -0.322 e. The summed E-state index contributed by atoms with van der Waals surface area (Å²) in [6, 6.07) is 23.7. The van der Waals surface area contributed by atoms with Crippen LogP contribution in [0.25, 0.3) is 17.2 Å². The van der Waals surface area contributed by atoms with Gasteiger partial charge in [-0.15, -0.1) is 0 Å². The molecule has 0 aromatic heterocycles. The standard InChI is InChI=1S/C31H34N2O/c1-23-8-12-26(13-9-23)27-15-14-25-6-5-7-28(21-29(25)20-27)31(34)32-30-16-10-24(11-17-30)22-33-18-3-2-4-19-33/h8-17,20-21H,2-7,18-19,22H2,1H3,(H,32,34). The first-order chi connectivity index (χ1) is 16.6. The van der Waals surface area contributed by atoms with Crippen LogP contribution < -0.4 is 5.32 Å². The fraction of sp³-hybridized carbons (Fsp3) is 0.323. The molecule has 1 amide bonds. The first-order valence-electron chi connectivity index (χ1n) is 12.7. The minimum atomic E-state index is 0.0115. The average Bonchev–Trinajstić information content (AvgIpc) is 3.08. The highest BCUT2D eigenvalue weighted by atomic mass is 16.1. The summed E-state index contributed by atoms with van der Waals surface area (Å²) >= 11 is 0. The number of piperidine rings is 1. The van der Waals surface area contributed by atoms with Crippen molar-refractivity contribution in [1.82, 2.24) is 4.90 Å². The molecule has 1 saturated heterocycles. The molecule has 3 aromatic carbocycles. The Morgan fingerprint density at radius 1 is 0.824 bits per heavy atom. The molecule has 0 spiro atoms. The van der Waals surface area contributed by atoms with Crippen LogP contribution in [0, 0.1) is 6.92 Å². The zero-order valence-electron chi connectivity index (χ0n) is 20.1. The van der Waals surface area contributed by atoms with Crippen molar-refractivity contribution in [2.45, 2.75) is 52.0 Å². The van der Waals surface area contributed by atoms with Crippen molar-refractivity contribution in [2.24, 2.45) is 0 Å². The summed E-state index contributed by atoms with van der Waals surface area (Å²) in [6.07, 6.45) is 8.85. The van der Waals surface area contributed by atoms with Crippen LogP contribution in [0.5, 0.6) is 0 Å². The second kappa shape index (κ2) is 10.4.